The van der Waals surface area contributed by atoms with E-state index >= 15 is 0 Å². The summed E-state index contributed by atoms with van der Waals surface area (Å²) in [7, 11) is 1.89. The highest BCUT2D eigenvalue weighted by atomic mass is 16.1. The van der Waals surface area contributed by atoms with Crippen molar-refractivity contribution < 1.29 is 4.79 Å². The molecule has 3 rings (SSSR count). The van der Waals surface area contributed by atoms with Gasteiger partial charge in [-0.2, -0.15) is 5.26 Å². The topological polar surface area (TPSA) is 69.0 Å². The van der Waals surface area contributed by atoms with E-state index in [-0.39, 0.29) is 5.91 Å². The Morgan fingerprint density at radius 3 is 2.95 bits per heavy atom. The standard InChI is InChI=1S/C17H18N4O/c1-21(10-4-9-18)16-11-14(17(22)19-12-7-8-12)13-5-2-3-6-15(13)20-16/h2-3,5-6,11-12H,4,7-8,10H2,1H3,(H,19,22). The number of hydrogen-bond donors (Lipinski definition) is 1. The highest BCUT2D eigenvalue weighted by Crippen LogP contribution is 2.25. The summed E-state index contributed by atoms with van der Waals surface area (Å²) in [5.74, 6) is 0.672. The van der Waals surface area contributed by atoms with E-state index in [1.54, 1.807) is 0 Å². The molecule has 0 radical (unpaired) electrons. The zero-order valence-electron chi connectivity index (χ0n) is 12.5. The Morgan fingerprint density at radius 2 is 2.23 bits per heavy atom. The Kier molecular flexibility index (Phi) is 3.92. The van der Waals surface area contributed by atoms with Crippen LogP contribution >= 0.6 is 0 Å². The van der Waals surface area contributed by atoms with E-state index in [0.29, 0.717) is 24.6 Å². The normalized spacial score (nSPS) is 13.6. The van der Waals surface area contributed by atoms with E-state index < -0.39 is 0 Å². The predicted octanol–water partition coefficient (Wildman–Crippen LogP) is 2.48. The lowest BCUT2D eigenvalue weighted by Crippen LogP contribution is -2.26. The first kappa shape index (κ1) is 14.3. The van der Waals surface area contributed by atoms with Crippen LogP contribution in [0.1, 0.15) is 29.6 Å². The molecule has 0 unspecified atom stereocenters. The summed E-state index contributed by atoms with van der Waals surface area (Å²) >= 11 is 0. The number of nitrogens with zero attached hydrogens (tertiary/aromatic N) is 3. The SMILES string of the molecule is CN(CCC#N)c1cc(C(=O)NC2CC2)c2ccccc2n1. The van der Waals surface area contributed by atoms with Crippen LogP contribution in [0, 0.1) is 11.3 Å². The third-order valence-electron chi connectivity index (χ3n) is 3.81. The molecule has 2 aromatic rings. The number of fused-ring (bicyclic) bond motifs is 1. The minimum absolute atomic E-state index is 0.0453. The summed E-state index contributed by atoms with van der Waals surface area (Å²) in [4.78, 5) is 19.0. The second-order valence-corrected chi connectivity index (χ2v) is 5.62. The number of hydrogen-bond acceptors (Lipinski definition) is 4. The van der Waals surface area contributed by atoms with Gasteiger partial charge >= 0.3 is 0 Å². The van der Waals surface area contributed by atoms with Crippen LogP contribution in [0.2, 0.25) is 0 Å². The molecule has 1 aromatic carbocycles. The van der Waals surface area contributed by atoms with Crippen LogP contribution < -0.4 is 10.2 Å². The van der Waals surface area contributed by atoms with Crippen LogP contribution in [0.4, 0.5) is 5.82 Å². The number of nitrogens with one attached hydrogen (secondary N) is 1. The van der Waals surface area contributed by atoms with E-state index in [1.165, 1.54) is 0 Å². The van der Waals surface area contributed by atoms with Gasteiger partial charge in [0.2, 0.25) is 0 Å². The largest absolute Gasteiger partial charge is 0.359 e. The first-order chi connectivity index (χ1) is 10.7. The molecule has 1 N–H and O–H groups in total. The summed E-state index contributed by atoms with van der Waals surface area (Å²) in [5.41, 5.74) is 1.45. The van der Waals surface area contributed by atoms with Gasteiger partial charge in [0.05, 0.1) is 23.6 Å². The van der Waals surface area contributed by atoms with E-state index in [0.717, 1.165) is 29.6 Å². The number of pyridine rings is 1. The van der Waals surface area contributed by atoms with Gasteiger partial charge in [0, 0.05) is 25.0 Å². The first-order valence-electron chi connectivity index (χ1n) is 7.48. The van der Waals surface area contributed by atoms with Crippen molar-refractivity contribution >= 4 is 22.6 Å². The zero-order chi connectivity index (χ0) is 15.5. The fraction of sp³-hybridized carbons (Fsp3) is 0.353. The monoisotopic (exact) mass is 294 g/mol. The van der Waals surface area contributed by atoms with Gasteiger partial charge in [-0.1, -0.05) is 18.2 Å². The van der Waals surface area contributed by atoms with Gasteiger partial charge in [-0.15, -0.1) is 0 Å². The number of nitriles is 1. The van der Waals surface area contributed by atoms with Gasteiger partial charge in [0.1, 0.15) is 5.82 Å². The van der Waals surface area contributed by atoms with Gasteiger partial charge < -0.3 is 10.2 Å². The van der Waals surface area contributed by atoms with Gasteiger partial charge in [-0.05, 0) is 25.0 Å². The summed E-state index contributed by atoms with van der Waals surface area (Å²) in [5, 5.41) is 12.6. The van der Waals surface area contributed by atoms with Crippen LogP contribution in [-0.2, 0) is 0 Å². The maximum atomic E-state index is 12.5. The fourth-order valence-corrected chi connectivity index (χ4v) is 2.37. The number of rotatable bonds is 5. The van der Waals surface area contributed by atoms with Crippen molar-refractivity contribution in [3.8, 4) is 6.07 Å². The summed E-state index contributed by atoms with van der Waals surface area (Å²) in [6, 6.07) is 11.9. The quantitative estimate of drug-likeness (QED) is 0.919. The summed E-state index contributed by atoms with van der Waals surface area (Å²) in [6.07, 6.45) is 2.54. The van der Waals surface area contributed by atoms with Crippen molar-refractivity contribution in [1.29, 1.82) is 5.26 Å². The summed E-state index contributed by atoms with van der Waals surface area (Å²) in [6.45, 7) is 0.589. The number of para-hydroxylation sites is 1. The van der Waals surface area contributed by atoms with Crippen molar-refractivity contribution in [2.24, 2.45) is 0 Å². The van der Waals surface area contributed by atoms with Gasteiger partial charge in [-0.3, -0.25) is 4.79 Å². The van der Waals surface area contributed by atoms with E-state index in [9.17, 15) is 4.79 Å². The molecule has 0 aliphatic heterocycles. The third kappa shape index (κ3) is 3.01. The molecule has 112 valence electrons. The number of benzene rings is 1. The van der Waals surface area contributed by atoms with Crippen molar-refractivity contribution in [3.63, 3.8) is 0 Å². The lowest BCUT2D eigenvalue weighted by molar-refractivity contribution is 0.0952. The molecule has 1 fully saturated rings. The maximum absolute atomic E-state index is 12.5. The van der Waals surface area contributed by atoms with Crippen molar-refractivity contribution in [2.75, 3.05) is 18.5 Å². The molecular weight excluding hydrogens is 276 g/mol. The predicted molar refractivity (Wildman–Crippen MR) is 85.7 cm³/mol. The lowest BCUT2D eigenvalue weighted by Gasteiger charge is -2.18. The number of aromatic nitrogens is 1. The molecule has 1 aliphatic rings. The molecule has 22 heavy (non-hydrogen) atoms. The van der Waals surface area contributed by atoms with E-state index in [4.69, 9.17) is 5.26 Å². The van der Waals surface area contributed by atoms with Gasteiger partial charge in [0.15, 0.2) is 0 Å². The molecule has 1 amide bonds. The van der Waals surface area contributed by atoms with Gasteiger partial charge in [0.25, 0.3) is 5.91 Å². The van der Waals surface area contributed by atoms with Crippen LogP contribution in [0.15, 0.2) is 30.3 Å². The number of carbonyl (C=O) groups is 1. The highest BCUT2D eigenvalue weighted by Gasteiger charge is 2.25. The number of anilines is 1. The average Bonchev–Trinajstić information content (AvgIpc) is 3.35. The Labute approximate surface area is 129 Å². The van der Waals surface area contributed by atoms with Crippen LogP contribution in [0.5, 0.6) is 0 Å². The summed E-state index contributed by atoms with van der Waals surface area (Å²) < 4.78 is 0. The van der Waals surface area contributed by atoms with Crippen LogP contribution in [-0.4, -0.2) is 30.5 Å². The third-order valence-corrected chi connectivity index (χ3v) is 3.81. The molecule has 0 atom stereocenters. The smallest absolute Gasteiger partial charge is 0.252 e. The average molecular weight is 294 g/mol. The molecule has 1 aromatic heterocycles. The molecule has 0 saturated heterocycles. The molecule has 1 heterocycles. The van der Waals surface area contributed by atoms with Crippen molar-refractivity contribution in [2.45, 2.75) is 25.3 Å². The minimum atomic E-state index is -0.0453. The minimum Gasteiger partial charge on any atom is -0.359 e. The molecule has 5 nitrogen and oxygen atoms in total. The van der Waals surface area contributed by atoms with Crippen molar-refractivity contribution in [1.82, 2.24) is 10.3 Å². The molecule has 5 heteroatoms. The molecule has 1 saturated carbocycles. The molecule has 0 spiro atoms. The second kappa shape index (κ2) is 6.02. The highest BCUT2D eigenvalue weighted by molar-refractivity contribution is 6.07. The van der Waals surface area contributed by atoms with Gasteiger partial charge in [-0.25, -0.2) is 4.98 Å². The number of carbonyl (C=O) groups excluding carboxylic acids is 1. The Hall–Kier alpha value is -2.61. The van der Waals surface area contributed by atoms with Crippen molar-refractivity contribution in [3.05, 3.63) is 35.9 Å². The maximum Gasteiger partial charge on any atom is 0.252 e. The molecule has 0 bridgehead atoms. The van der Waals surface area contributed by atoms with E-state index in [2.05, 4.69) is 16.4 Å². The zero-order valence-corrected chi connectivity index (χ0v) is 12.5. The van der Waals surface area contributed by atoms with Crippen LogP contribution in [0.25, 0.3) is 10.9 Å². The fourth-order valence-electron chi connectivity index (χ4n) is 2.37. The Bertz CT molecular complexity index is 746. The Morgan fingerprint density at radius 1 is 1.45 bits per heavy atom. The Balaban J connectivity index is 1.99. The number of amides is 1. The van der Waals surface area contributed by atoms with E-state index in [1.807, 2.05) is 42.3 Å². The van der Waals surface area contributed by atoms with Crippen LogP contribution in [0.3, 0.4) is 0 Å². The molecular formula is C17H18N4O. The lowest BCUT2D eigenvalue weighted by atomic mass is 10.1. The molecule has 1 aliphatic carbocycles. The first-order valence-corrected chi connectivity index (χ1v) is 7.48. The second-order valence-electron chi connectivity index (χ2n) is 5.62.